The number of benzene rings is 2. The van der Waals surface area contributed by atoms with E-state index >= 15 is 0 Å². The average molecular weight is 491 g/mol. The summed E-state index contributed by atoms with van der Waals surface area (Å²) in [4.78, 5) is 12.8. The van der Waals surface area contributed by atoms with E-state index in [9.17, 15) is 31.5 Å². The zero-order valence-corrected chi connectivity index (χ0v) is 19.1. The van der Waals surface area contributed by atoms with Crippen molar-refractivity contribution in [3.63, 3.8) is 0 Å². The summed E-state index contributed by atoms with van der Waals surface area (Å²) >= 11 is 0. The zero-order valence-electron chi connectivity index (χ0n) is 18.3. The molecule has 0 heterocycles. The van der Waals surface area contributed by atoms with Gasteiger partial charge in [-0.3, -0.25) is 0 Å². The van der Waals surface area contributed by atoms with Crippen molar-refractivity contribution in [2.75, 3.05) is 13.6 Å². The van der Waals surface area contributed by atoms with Crippen LogP contribution in [0.4, 0.5) is 18.0 Å². The van der Waals surface area contributed by atoms with Gasteiger partial charge in [0.15, 0.2) is 0 Å². The number of amides is 1. The first-order chi connectivity index (χ1) is 15.1. The van der Waals surface area contributed by atoms with Gasteiger partial charge in [-0.25, -0.2) is 4.79 Å². The van der Waals surface area contributed by atoms with Crippen LogP contribution in [0.5, 0.6) is 11.5 Å². The Labute approximate surface area is 189 Å². The van der Waals surface area contributed by atoms with E-state index in [0.717, 1.165) is 24.3 Å². The molecule has 0 saturated heterocycles. The number of likely N-dealkylation sites (N-methyl/N-ethyl adjacent to an activating group) is 1. The van der Waals surface area contributed by atoms with E-state index < -0.39 is 40.0 Å². The molecular weight excluding hydrogens is 467 g/mol. The molecule has 0 aliphatic heterocycles. The van der Waals surface area contributed by atoms with Crippen LogP contribution in [0.15, 0.2) is 53.4 Å². The quantitative estimate of drug-likeness (QED) is 0.578. The number of rotatable bonds is 7. The first-order valence-corrected chi connectivity index (χ1v) is 11.0. The van der Waals surface area contributed by atoms with Gasteiger partial charge in [-0.1, -0.05) is 12.1 Å². The number of aliphatic hydroxyl groups excluding tert-OH is 1. The summed E-state index contributed by atoms with van der Waals surface area (Å²) < 4.78 is 75.3. The van der Waals surface area contributed by atoms with Gasteiger partial charge in [-0.05, 0) is 62.7 Å². The van der Waals surface area contributed by atoms with Crippen molar-refractivity contribution in [1.29, 1.82) is 0 Å². The largest absolute Gasteiger partial charge is 0.573 e. The van der Waals surface area contributed by atoms with E-state index in [-0.39, 0.29) is 17.2 Å². The third-order valence-corrected chi connectivity index (χ3v) is 5.23. The van der Waals surface area contributed by atoms with Gasteiger partial charge >= 0.3 is 22.6 Å². The molecule has 0 bridgehead atoms. The Morgan fingerprint density at radius 1 is 1.00 bits per heavy atom. The number of halogens is 3. The van der Waals surface area contributed by atoms with Gasteiger partial charge < -0.3 is 23.7 Å². The lowest BCUT2D eigenvalue weighted by molar-refractivity contribution is -0.274. The molecule has 0 aliphatic carbocycles. The number of hydrogen-bond acceptors (Lipinski definition) is 7. The Bertz CT molecular complexity index is 1050. The van der Waals surface area contributed by atoms with Crippen molar-refractivity contribution >= 4 is 16.2 Å². The molecule has 33 heavy (non-hydrogen) atoms. The molecule has 0 saturated carbocycles. The molecule has 0 aliphatic rings. The van der Waals surface area contributed by atoms with Gasteiger partial charge in [0.2, 0.25) is 0 Å². The smallest absolute Gasteiger partial charge is 0.444 e. The Morgan fingerprint density at radius 3 is 2.00 bits per heavy atom. The van der Waals surface area contributed by atoms with Crippen LogP contribution >= 0.6 is 0 Å². The lowest BCUT2D eigenvalue weighted by Crippen LogP contribution is -2.36. The molecule has 1 unspecified atom stereocenters. The lowest BCUT2D eigenvalue weighted by atomic mass is 10.1. The molecule has 1 N–H and O–H groups in total. The fraction of sp³-hybridized carbons (Fsp3) is 0.381. The van der Waals surface area contributed by atoms with E-state index in [4.69, 9.17) is 8.92 Å². The number of hydrogen-bond donors (Lipinski definition) is 1. The first kappa shape index (κ1) is 26.3. The van der Waals surface area contributed by atoms with Gasteiger partial charge in [-0.15, -0.1) is 13.2 Å². The molecule has 182 valence electrons. The molecule has 2 aromatic carbocycles. The highest BCUT2D eigenvalue weighted by molar-refractivity contribution is 7.87. The van der Waals surface area contributed by atoms with Crippen LogP contribution in [-0.4, -0.2) is 50.1 Å². The second kappa shape index (κ2) is 9.87. The Hall–Kier alpha value is -2.99. The summed E-state index contributed by atoms with van der Waals surface area (Å²) in [6.07, 6.45) is -6.58. The number of aliphatic hydroxyl groups is 1. The molecule has 0 fully saturated rings. The van der Waals surface area contributed by atoms with Gasteiger partial charge in [0.25, 0.3) is 0 Å². The van der Waals surface area contributed by atoms with Crippen LogP contribution in [0, 0.1) is 0 Å². The summed E-state index contributed by atoms with van der Waals surface area (Å²) in [6.45, 7) is 5.08. The van der Waals surface area contributed by atoms with Crippen molar-refractivity contribution in [2.24, 2.45) is 0 Å². The number of nitrogens with zero attached hydrogens (tertiary/aromatic N) is 1. The lowest BCUT2D eigenvalue weighted by Gasteiger charge is -2.26. The monoisotopic (exact) mass is 491 g/mol. The van der Waals surface area contributed by atoms with Gasteiger partial charge in [0.05, 0.1) is 12.6 Å². The van der Waals surface area contributed by atoms with Crippen molar-refractivity contribution in [3.8, 4) is 11.5 Å². The van der Waals surface area contributed by atoms with E-state index in [2.05, 4.69) is 4.74 Å². The number of ether oxygens (including phenoxy) is 2. The first-order valence-electron chi connectivity index (χ1n) is 9.58. The summed E-state index contributed by atoms with van der Waals surface area (Å²) in [5.41, 5.74) is -0.296. The van der Waals surface area contributed by atoms with E-state index in [1.54, 1.807) is 20.8 Å². The number of carbonyl (C=O) groups excluding carboxylic acids is 1. The van der Waals surface area contributed by atoms with Crippen LogP contribution in [-0.2, 0) is 14.9 Å². The molecule has 0 aromatic heterocycles. The fourth-order valence-corrected chi connectivity index (χ4v) is 3.44. The van der Waals surface area contributed by atoms with Crippen LogP contribution in [0.25, 0.3) is 0 Å². The number of carbonyl (C=O) groups is 1. The second-order valence-corrected chi connectivity index (χ2v) is 9.55. The Morgan fingerprint density at radius 2 is 1.52 bits per heavy atom. The Kier molecular flexibility index (Phi) is 7.86. The third-order valence-electron chi connectivity index (χ3n) is 3.97. The molecule has 1 atom stereocenters. The standard InChI is InChI=1S/C21H24F3NO7S/c1-20(2,3)31-19(27)25(4)13-18(26)14-5-7-16(8-6-14)32-33(28,29)17-11-9-15(10-12-17)30-21(22,23)24/h5-12,18,26H,13H2,1-4H3. The Balaban J connectivity index is 2.02. The summed E-state index contributed by atoms with van der Waals surface area (Å²) in [7, 11) is -2.86. The van der Waals surface area contributed by atoms with Crippen molar-refractivity contribution in [3.05, 3.63) is 54.1 Å². The highest BCUT2D eigenvalue weighted by atomic mass is 32.2. The molecule has 0 radical (unpaired) electrons. The molecule has 0 spiro atoms. The molecule has 8 nitrogen and oxygen atoms in total. The highest BCUT2D eigenvalue weighted by Gasteiger charge is 2.31. The molecular formula is C21H24F3NO7S. The van der Waals surface area contributed by atoms with E-state index in [1.165, 1.54) is 36.2 Å². The van der Waals surface area contributed by atoms with Crippen LogP contribution < -0.4 is 8.92 Å². The normalized spacial score (nSPS) is 13.2. The van der Waals surface area contributed by atoms with Crippen LogP contribution in [0.2, 0.25) is 0 Å². The topological polar surface area (TPSA) is 102 Å². The SMILES string of the molecule is CN(CC(O)c1ccc(OS(=O)(=O)c2ccc(OC(F)(F)F)cc2)cc1)C(=O)OC(C)(C)C. The predicted molar refractivity (Wildman–Crippen MR) is 111 cm³/mol. The van der Waals surface area contributed by atoms with Gasteiger partial charge in [0, 0.05) is 7.05 Å². The van der Waals surface area contributed by atoms with E-state index in [1.807, 2.05) is 0 Å². The highest BCUT2D eigenvalue weighted by Crippen LogP contribution is 2.26. The third kappa shape index (κ3) is 8.46. The molecule has 12 heteroatoms. The maximum atomic E-state index is 12.4. The summed E-state index contributed by atoms with van der Waals surface area (Å²) in [5, 5.41) is 10.3. The van der Waals surface area contributed by atoms with Crippen molar-refractivity contribution in [1.82, 2.24) is 4.90 Å². The van der Waals surface area contributed by atoms with Crippen LogP contribution in [0.3, 0.4) is 0 Å². The molecule has 2 rings (SSSR count). The molecule has 1 amide bonds. The minimum Gasteiger partial charge on any atom is -0.444 e. The summed E-state index contributed by atoms with van der Waals surface area (Å²) in [5.74, 6) is -0.654. The maximum Gasteiger partial charge on any atom is 0.573 e. The molecule has 2 aromatic rings. The van der Waals surface area contributed by atoms with Gasteiger partial charge in [-0.2, -0.15) is 8.42 Å². The second-order valence-electron chi connectivity index (χ2n) is 8.00. The maximum absolute atomic E-state index is 12.4. The van der Waals surface area contributed by atoms with Crippen LogP contribution in [0.1, 0.15) is 32.4 Å². The minimum absolute atomic E-state index is 0.0697. The van der Waals surface area contributed by atoms with E-state index in [0.29, 0.717) is 5.56 Å². The van der Waals surface area contributed by atoms with Crippen molar-refractivity contribution in [2.45, 2.75) is 43.7 Å². The average Bonchev–Trinajstić information content (AvgIpc) is 2.66. The predicted octanol–water partition coefficient (Wildman–Crippen LogP) is 4.25. The van der Waals surface area contributed by atoms with Gasteiger partial charge in [0.1, 0.15) is 22.0 Å². The summed E-state index contributed by atoms with van der Waals surface area (Å²) in [6, 6.07) is 8.96. The minimum atomic E-state index is -4.90. The number of alkyl halides is 3. The fourth-order valence-electron chi connectivity index (χ4n) is 2.51. The zero-order chi connectivity index (χ0) is 25.0. The van der Waals surface area contributed by atoms with Crippen molar-refractivity contribution < 1.29 is 45.1 Å².